The molecule has 0 spiro atoms. The fourth-order valence-electron chi connectivity index (χ4n) is 2.09. The lowest BCUT2D eigenvalue weighted by Crippen LogP contribution is -2.36. The summed E-state index contributed by atoms with van der Waals surface area (Å²) in [5.74, 6) is 1.34. The number of aliphatic imine (C=N–C) groups is 1. The Morgan fingerprint density at radius 3 is 2.58 bits per heavy atom. The maximum Gasteiger partial charge on any atom is 0.218 e. The minimum absolute atomic E-state index is 0.474. The number of pyridine rings is 1. The fraction of sp³-hybridized carbons (Fsp3) is 0.333. The zero-order valence-electron chi connectivity index (χ0n) is 14.2. The lowest BCUT2D eigenvalue weighted by Gasteiger charge is -2.14. The summed E-state index contributed by atoms with van der Waals surface area (Å²) in [4.78, 5) is 8.51. The van der Waals surface area contributed by atoms with E-state index >= 15 is 0 Å². The average Bonchev–Trinajstić information content (AvgIpc) is 2.64. The summed E-state index contributed by atoms with van der Waals surface area (Å²) in [6.45, 7) is 2.29. The van der Waals surface area contributed by atoms with Gasteiger partial charge in [-0.2, -0.15) is 0 Å². The van der Waals surface area contributed by atoms with Crippen molar-refractivity contribution in [3.8, 4) is 5.88 Å². The molecule has 0 unspecified atom stereocenters. The summed E-state index contributed by atoms with van der Waals surface area (Å²) >= 11 is 0. The summed E-state index contributed by atoms with van der Waals surface area (Å²) in [6, 6.07) is 14.1. The molecule has 6 nitrogen and oxygen atoms in total. The Morgan fingerprint density at radius 2 is 1.83 bits per heavy atom. The third-order valence-electron chi connectivity index (χ3n) is 3.35. The van der Waals surface area contributed by atoms with Crippen molar-refractivity contribution in [3.63, 3.8) is 0 Å². The summed E-state index contributed by atoms with van der Waals surface area (Å²) in [5, 5.41) is 6.56. The van der Waals surface area contributed by atoms with Gasteiger partial charge in [0.15, 0.2) is 5.96 Å². The van der Waals surface area contributed by atoms with E-state index in [0.717, 1.165) is 11.5 Å². The van der Waals surface area contributed by atoms with Gasteiger partial charge in [0.05, 0.1) is 6.61 Å². The predicted octanol–water partition coefficient (Wildman–Crippen LogP) is 1.97. The number of nitrogens with one attached hydrogen (secondary N) is 2. The van der Waals surface area contributed by atoms with Crippen LogP contribution in [-0.4, -0.2) is 38.3 Å². The Balaban J connectivity index is 1.86. The van der Waals surface area contributed by atoms with Crippen molar-refractivity contribution in [3.05, 3.63) is 59.8 Å². The van der Waals surface area contributed by atoms with E-state index in [2.05, 4.69) is 32.7 Å². The van der Waals surface area contributed by atoms with Crippen LogP contribution in [0.4, 0.5) is 0 Å². The quantitative estimate of drug-likeness (QED) is 0.440. The zero-order chi connectivity index (χ0) is 17.0. The second-order valence-corrected chi connectivity index (χ2v) is 5.07. The molecule has 0 aliphatic heterocycles. The molecule has 0 atom stereocenters. The lowest BCUT2D eigenvalue weighted by atomic mass is 10.2. The number of ether oxygens (including phenoxy) is 2. The smallest absolute Gasteiger partial charge is 0.218 e. The van der Waals surface area contributed by atoms with Crippen LogP contribution in [0.25, 0.3) is 0 Å². The predicted molar refractivity (Wildman–Crippen MR) is 95.1 cm³/mol. The Kier molecular flexibility index (Phi) is 7.56. The number of hydrogen-bond acceptors (Lipinski definition) is 4. The highest BCUT2D eigenvalue weighted by atomic mass is 16.5. The summed E-state index contributed by atoms with van der Waals surface area (Å²) in [5.41, 5.74) is 2.17. The fourth-order valence-corrected chi connectivity index (χ4v) is 2.09. The maximum absolute atomic E-state index is 5.64. The molecule has 6 heteroatoms. The second-order valence-electron chi connectivity index (χ2n) is 5.07. The first-order chi connectivity index (χ1) is 11.8. The van der Waals surface area contributed by atoms with Gasteiger partial charge < -0.3 is 20.1 Å². The van der Waals surface area contributed by atoms with Crippen molar-refractivity contribution in [2.45, 2.75) is 13.1 Å². The molecule has 2 aromatic rings. The van der Waals surface area contributed by atoms with Gasteiger partial charge in [0.1, 0.15) is 6.61 Å². The van der Waals surface area contributed by atoms with Crippen LogP contribution < -0.4 is 15.4 Å². The first-order valence-corrected chi connectivity index (χ1v) is 7.87. The second kappa shape index (κ2) is 10.2. The largest absolute Gasteiger partial charge is 0.475 e. The van der Waals surface area contributed by atoms with Crippen LogP contribution in [0.1, 0.15) is 11.1 Å². The van der Waals surface area contributed by atoms with E-state index in [1.165, 1.54) is 5.56 Å². The van der Waals surface area contributed by atoms with Crippen molar-refractivity contribution >= 4 is 5.96 Å². The molecule has 0 aliphatic rings. The molecule has 0 saturated carbocycles. The number of aromatic nitrogens is 1. The van der Waals surface area contributed by atoms with E-state index in [-0.39, 0.29) is 0 Å². The normalized spacial score (nSPS) is 11.2. The Hall–Kier alpha value is -2.60. The van der Waals surface area contributed by atoms with E-state index in [9.17, 15) is 0 Å². The van der Waals surface area contributed by atoms with Crippen LogP contribution in [0, 0.1) is 0 Å². The van der Waals surface area contributed by atoms with Gasteiger partial charge >= 0.3 is 0 Å². The molecule has 0 bridgehead atoms. The van der Waals surface area contributed by atoms with Crippen molar-refractivity contribution in [2.24, 2.45) is 4.99 Å². The maximum atomic E-state index is 5.64. The molecule has 2 rings (SSSR count). The molecule has 0 fully saturated rings. The molecule has 0 amide bonds. The van der Waals surface area contributed by atoms with Crippen LogP contribution in [-0.2, 0) is 17.8 Å². The molecule has 128 valence electrons. The molecule has 1 aromatic heterocycles. The summed E-state index contributed by atoms with van der Waals surface area (Å²) < 4.78 is 10.6. The molecule has 0 aliphatic carbocycles. The van der Waals surface area contributed by atoms with Crippen LogP contribution in [0.3, 0.4) is 0 Å². The first kappa shape index (κ1) is 17.7. The monoisotopic (exact) mass is 328 g/mol. The summed E-state index contributed by atoms with van der Waals surface area (Å²) in [6.07, 6.45) is 1.72. The molecular weight excluding hydrogens is 304 g/mol. The number of methoxy groups -OCH3 is 1. The molecule has 0 saturated heterocycles. The molecule has 2 N–H and O–H groups in total. The van der Waals surface area contributed by atoms with E-state index in [4.69, 9.17) is 9.47 Å². The zero-order valence-corrected chi connectivity index (χ0v) is 14.2. The van der Waals surface area contributed by atoms with Gasteiger partial charge in [-0.3, -0.25) is 4.99 Å². The van der Waals surface area contributed by atoms with E-state index in [0.29, 0.717) is 32.2 Å². The van der Waals surface area contributed by atoms with Crippen LogP contribution in [0.5, 0.6) is 5.88 Å². The molecule has 0 radical (unpaired) electrons. The minimum atomic E-state index is 0.474. The first-order valence-electron chi connectivity index (χ1n) is 7.87. The van der Waals surface area contributed by atoms with Crippen LogP contribution >= 0.6 is 0 Å². The molecule has 24 heavy (non-hydrogen) atoms. The lowest BCUT2D eigenvalue weighted by molar-refractivity contribution is 0.143. The third kappa shape index (κ3) is 5.89. The Labute approximate surface area is 142 Å². The average molecular weight is 328 g/mol. The Bertz CT molecular complexity index is 632. The Morgan fingerprint density at radius 1 is 1.04 bits per heavy atom. The van der Waals surface area contributed by atoms with Gasteiger partial charge in [-0.1, -0.05) is 36.4 Å². The number of rotatable bonds is 8. The highest BCUT2D eigenvalue weighted by molar-refractivity contribution is 5.79. The van der Waals surface area contributed by atoms with E-state index in [1.807, 2.05) is 30.3 Å². The molecular formula is C18H24N4O2. The standard InChI is InChI=1S/C18H24N4O2/c1-19-18(21-13-15-7-4-3-5-8-15)22-14-16-9-6-10-20-17(16)24-12-11-23-2/h3-10H,11-14H2,1-2H3,(H2,19,21,22). The van der Waals surface area contributed by atoms with Gasteiger partial charge in [-0.25, -0.2) is 4.98 Å². The van der Waals surface area contributed by atoms with E-state index < -0.39 is 0 Å². The van der Waals surface area contributed by atoms with Gasteiger partial charge in [-0.05, 0) is 11.6 Å². The SMILES string of the molecule is CN=C(NCc1ccccc1)NCc1cccnc1OCCOC. The number of hydrogen-bond donors (Lipinski definition) is 2. The van der Waals surface area contributed by atoms with Gasteiger partial charge in [-0.15, -0.1) is 0 Å². The van der Waals surface area contributed by atoms with E-state index in [1.54, 1.807) is 20.4 Å². The van der Waals surface area contributed by atoms with Crippen molar-refractivity contribution in [1.82, 2.24) is 15.6 Å². The topological polar surface area (TPSA) is 67.8 Å². The number of benzene rings is 1. The van der Waals surface area contributed by atoms with Gasteiger partial charge in [0, 0.05) is 39.0 Å². The van der Waals surface area contributed by atoms with Gasteiger partial charge in [0.25, 0.3) is 0 Å². The third-order valence-corrected chi connectivity index (χ3v) is 3.35. The molecule has 1 heterocycles. The summed E-state index contributed by atoms with van der Waals surface area (Å²) in [7, 11) is 3.40. The van der Waals surface area contributed by atoms with Crippen LogP contribution in [0.15, 0.2) is 53.7 Å². The van der Waals surface area contributed by atoms with Gasteiger partial charge in [0.2, 0.25) is 5.88 Å². The van der Waals surface area contributed by atoms with Crippen molar-refractivity contribution < 1.29 is 9.47 Å². The minimum Gasteiger partial charge on any atom is -0.475 e. The van der Waals surface area contributed by atoms with Crippen LogP contribution in [0.2, 0.25) is 0 Å². The van der Waals surface area contributed by atoms with Crippen molar-refractivity contribution in [1.29, 1.82) is 0 Å². The number of guanidine groups is 1. The van der Waals surface area contributed by atoms with Crippen molar-refractivity contribution in [2.75, 3.05) is 27.4 Å². The highest BCUT2D eigenvalue weighted by Gasteiger charge is 2.06. The number of nitrogens with zero attached hydrogens (tertiary/aromatic N) is 2. The highest BCUT2D eigenvalue weighted by Crippen LogP contribution is 2.13. The molecule has 1 aromatic carbocycles.